The Kier molecular flexibility index (Phi) is 1.82. The van der Waals surface area contributed by atoms with Crippen LogP contribution in [0, 0.1) is 0 Å². The predicted molar refractivity (Wildman–Crippen MR) is 69.2 cm³/mol. The third kappa shape index (κ3) is 1.06. The minimum absolute atomic E-state index is 0.112. The van der Waals surface area contributed by atoms with Crippen LogP contribution < -0.4 is 5.73 Å². The fourth-order valence-corrected chi connectivity index (χ4v) is 3.21. The van der Waals surface area contributed by atoms with Gasteiger partial charge in [-0.25, -0.2) is 0 Å². The Balaban J connectivity index is 2.33. The van der Waals surface area contributed by atoms with Crippen molar-refractivity contribution in [2.24, 2.45) is 0 Å². The highest BCUT2D eigenvalue weighted by Crippen LogP contribution is 2.51. The summed E-state index contributed by atoms with van der Waals surface area (Å²) in [4.78, 5) is 0. The van der Waals surface area contributed by atoms with Gasteiger partial charge in [0.05, 0.1) is 0 Å². The molecule has 0 atom stereocenters. The number of hydrogen-bond donors (Lipinski definition) is 1. The summed E-state index contributed by atoms with van der Waals surface area (Å²) in [6.45, 7) is 4.59. The topological polar surface area (TPSA) is 26.0 Å². The van der Waals surface area contributed by atoms with Crippen LogP contribution in [0.4, 0.5) is 5.69 Å². The van der Waals surface area contributed by atoms with Crippen LogP contribution in [-0.4, -0.2) is 0 Å². The van der Waals surface area contributed by atoms with Crippen LogP contribution >= 0.6 is 0 Å². The molecule has 0 amide bonds. The molecule has 82 valence electrons. The molecule has 2 aliphatic carbocycles. The second-order valence-corrected chi connectivity index (χ2v) is 5.23. The summed E-state index contributed by atoms with van der Waals surface area (Å²) in [5.74, 6) is 0. The van der Waals surface area contributed by atoms with Gasteiger partial charge in [0, 0.05) is 11.1 Å². The van der Waals surface area contributed by atoms with Crippen LogP contribution in [0.2, 0.25) is 0 Å². The number of anilines is 1. The fraction of sp³-hybridized carbons (Fsp3) is 0.333. The highest BCUT2D eigenvalue weighted by Gasteiger charge is 2.38. The average Bonchev–Trinajstić information content (AvgIpc) is 2.50. The smallest absolute Gasteiger partial charge is 0.0361 e. The van der Waals surface area contributed by atoms with E-state index in [1.165, 1.54) is 23.1 Å². The first-order chi connectivity index (χ1) is 7.62. The summed E-state index contributed by atoms with van der Waals surface area (Å²) in [7, 11) is 0. The zero-order valence-electron chi connectivity index (χ0n) is 9.88. The molecule has 1 heteroatoms. The van der Waals surface area contributed by atoms with E-state index in [4.69, 9.17) is 5.73 Å². The van der Waals surface area contributed by atoms with Gasteiger partial charge in [-0.15, -0.1) is 0 Å². The van der Waals surface area contributed by atoms with Crippen molar-refractivity contribution in [3.05, 3.63) is 47.1 Å². The molecular weight excluding hydrogens is 194 g/mol. The molecule has 1 nitrogen and oxygen atoms in total. The monoisotopic (exact) mass is 211 g/mol. The summed E-state index contributed by atoms with van der Waals surface area (Å²) in [5.41, 5.74) is 12.8. The number of nitrogens with two attached hydrogens (primary N) is 1. The van der Waals surface area contributed by atoms with Crippen molar-refractivity contribution in [1.82, 2.24) is 0 Å². The molecule has 0 aromatic heterocycles. The van der Waals surface area contributed by atoms with Crippen molar-refractivity contribution in [2.45, 2.75) is 32.1 Å². The Bertz CT molecular complexity index is 518. The number of hydrogen-bond acceptors (Lipinski definition) is 1. The van der Waals surface area contributed by atoms with E-state index in [0.29, 0.717) is 0 Å². The second kappa shape index (κ2) is 3.00. The lowest BCUT2D eigenvalue weighted by Gasteiger charge is -2.26. The van der Waals surface area contributed by atoms with Gasteiger partial charge in [-0.05, 0) is 35.6 Å². The largest absolute Gasteiger partial charge is 0.398 e. The Morgan fingerprint density at radius 3 is 2.88 bits per heavy atom. The molecule has 1 aromatic rings. The number of fused-ring (bicyclic) bond motifs is 2. The van der Waals surface area contributed by atoms with Gasteiger partial charge in [0.25, 0.3) is 0 Å². The molecule has 0 saturated heterocycles. The van der Waals surface area contributed by atoms with E-state index in [2.05, 4.69) is 38.1 Å². The highest BCUT2D eigenvalue weighted by atomic mass is 14.6. The van der Waals surface area contributed by atoms with Gasteiger partial charge in [-0.1, -0.05) is 43.7 Å². The molecule has 0 heterocycles. The van der Waals surface area contributed by atoms with Gasteiger partial charge in [0.2, 0.25) is 0 Å². The van der Waals surface area contributed by atoms with E-state index >= 15 is 0 Å². The summed E-state index contributed by atoms with van der Waals surface area (Å²) in [6, 6.07) is 6.27. The zero-order chi connectivity index (χ0) is 11.3. The molecule has 0 saturated carbocycles. The molecule has 0 radical (unpaired) electrons. The Labute approximate surface area is 96.7 Å². The maximum atomic E-state index is 6.15. The number of benzene rings is 1. The van der Waals surface area contributed by atoms with Crippen molar-refractivity contribution in [3.63, 3.8) is 0 Å². The van der Waals surface area contributed by atoms with Gasteiger partial charge < -0.3 is 5.73 Å². The van der Waals surface area contributed by atoms with E-state index in [-0.39, 0.29) is 5.41 Å². The third-order valence-electron chi connectivity index (χ3n) is 3.94. The SMILES string of the molecule is CC1(C)C2=C(C=CCC2)c2cccc(N)c21. The quantitative estimate of drug-likeness (QED) is 0.651. The maximum absolute atomic E-state index is 6.15. The van der Waals surface area contributed by atoms with E-state index in [0.717, 1.165) is 12.1 Å². The first-order valence-electron chi connectivity index (χ1n) is 5.92. The minimum Gasteiger partial charge on any atom is -0.398 e. The molecule has 0 spiro atoms. The highest BCUT2D eigenvalue weighted by molar-refractivity contribution is 5.89. The molecule has 2 aliphatic rings. The maximum Gasteiger partial charge on any atom is 0.0361 e. The van der Waals surface area contributed by atoms with Crippen molar-refractivity contribution in [1.29, 1.82) is 0 Å². The number of rotatable bonds is 0. The summed E-state index contributed by atoms with van der Waals surface area (Å²) in [6.07, 6.45) is 6.88. The molecule has 0 unspecified atom stereocenters. The van der Waals surface area contributed by atoms with Crippen LogP contribution in [0.5, 0.6) is 0 Å². The molecule has 0 aliphatic heterocycles. The van der Waals surface area contributed by atoms with Gasteiger partial charge in [0.1, 0.15) is 0 Å². The van der Waals surface area contributed by atoms with Crippen molar-refractivity contribution in [2.75, 3.05) is 5.73 Å². The first kappa shape index (κ1) is 9.71. The molecule has 16 heavy (non-hydrogen) atoms. The average molecular weight is 211 g/mol. The molecule has 2 N–H and O–H groups in total. The van der Waals surface area contributed by atoms with E-state index in [9.17, 15) is 0 Å². The molecule has 3 rings (SSSR count). The van der Waals surface area contributed by atoms with Gasteiger partial charge in [-0.3, -0.25) is 0 Å². The normalized spacial score (nSPS) is 20.9. The summed E-state index contributed by atoms with van der Waals surface area (Å²) in [5, 5.41) is 0. The Morgan fingerprint density at radius 1 is 1.25 bits per heavy atom. The van der Waals surface area contributed by atoms with Gasteiger partial charge >= 0.3 is 0 Å². The van der Waals surface area contributed by atoms with Gasteiger partial charge in [0.15, 0.2) is 0 Å². The molecule has 0 fully saturated rings. The number of allylic oxidation sites excluding steroid dienone is 4. The summed E-state index contributed by atoms with van der Waals surface area (Å²) >= 11 is 0. The lowest BCUT2D eigenvalue weighted by molar-refractivity contribution is 0.609. The molecule has 0 bridgehead atoms. The van der Waals surface area contributed by atoms with Crippen LogP contribution in [0.3, 0.4) is 0 Å². The fourth-order valence-electron chi connectivity index (χ4n) is 3.21. The van der Waals surface area contributed by atoms with Crippen LogP contribution in [0.15, 0.2) is 35.9 Å². The van der Waals surface area contributed by atoms with Crippen LogP contribution in [0.1, 0.15) is 37.8 Å². The predicted octanol–water partition coefficient (Wildman–Crippen LogP) is 3.66. The van der Waals surface area contributed by atoms with E-state index in [1.54, 1.807) is 5.57 Å². The lowest BCUT2D eigenvalue weighted by Crippen LogP contribution is -2.19. The van der Waals surface area contributed by atoms with Crippen molar-refractivity contribution in [3.8, 4) is 0 Å². The van der Waals surface area contributed by atoms with E-state index < -0.39 is 0 Å². The second-order valence-electron chi connectivity index (χ2n) is 5.23. The van der Waals surface area contributed by atoms with Gasteiger partial charge in [-0.2, -0.15) is 0 Å². The lowest BCUT2D eigenvalue weighted by atomic mass is 9.78. The Morgan fingerprint density at radius 2 is 2.06 bits per heavy atom. The van der Waals surface area contributed by atoms with Crippen LogP contribution in [0.25, 0.3) is 5.57 Å². The third-order valence-corrected chi connectivity index (χ3v) is 3.94. The van der Waals surface area contributed by atoms with Crippen molar-refractivity contribution >= 4 is 11.3 Å². The molecular formula is C15H17N. The summed E-state index contributed by atoms with van der Waals surface area (Å²) < 4.78 is 0. The first-order valence-corrected chi connectivity index (χ1v) is 5.92. The zero-order valence-corrected chi connectivity index (χ0v) is 9.88. The Hall–Kier alpha value is -1.50. The number of nitrogen functional groups attached to an aromatic ring is 1. The minimum atomic E-state index is 0.112. The van der Waals surface area contributed by atoms with Crippen molar-refractivity contribution < 1.29 is 0 Å². The molecule has 1 aromatic carbocycles. The van der Waals surface area contributed by atoms with Crippen LogP contribution in [-0.2, 0) is 5.41 Å². The van der Waals surface area contributed by atoms with E-state index in [1.807, 2.05) is 6.07 Å². The standard InChI is InChI=1S/C15H17N/c1-15(2)12-8-4-3-6-10(12)11-7-5-9-13(16)14(11)15/h3,5-7,9H,4,8,16H2,1-2H3.